The van der Waals surface area contributed by atoms with Crippen LogP contribution >= 0.6 is 0 Å². The van der Waals surface area contributed by atoms with Crippen LogP contribution in [-0.2, 0) is 4.79 Å². The number of hydrogen-bond acceptors (Lipinski definition) is 4. The van der Waals surface area contributed by atoms with Gasteiger partial charge in [-0.15, -0.1) is 0 Å². The van der Waals surface area contributed by atoms with E-state index >= 15 is 0 Å². The molecular formula is C12H19N3O2. The quantitative estimate of drug-likeness (QED) is 0.738. The van der Waals surface area contributed by atoms with Crippen molar-refractivity contribution in [1.82, 2.24) is 4.98 Å². The summed E-state index contributed by atoms with van der Waals surface area (Å²) in [6.45, 7) is 5.66. The molecule has 1 unspecified atom stereocenters. The van der Waals surface area contributed by atoms with E-state index in [9.17, 15) is 9.90 Å². The lowest BCUT2D eigenvalue weighted by molar-refractivity contribution is -0.118. The summed E-state index contributed by atoms with van der Waals surface area (Å²) in [5.74, 6) is -0.135. The SMILES string of the molecule is CCC(C)[C@H](N)C(=O)Nc1nc(C)ccc1O. The first kappa shape index (κ1) is 13.4. The van der Waals surface area contributed by atoms with Crippen molar-refractivity contribution >= 4 is 11.7 Å². The highest BCUT2D eigenvalue weighted by Crippen LogP contribution is 2.20. The second kappa shape index (κ2) is 5.63. The van der Waals surface area contributed by atoms with E-state index in [2.05, 4.69) is 10.3 Å². The number of aromatic nitrogens is 1. The first-order valence-electron chi connectivity index (χ1n) is 5.68. The fourth-order valence-electron chi connectivity index (χ4n) is 1.35. The molecular weight excluding hydrogens is 218 g/mol. The maximum absolute atomic E-state index is 11.8. The van der Waals surface area contributed by atoms with Crippen LogP contribution in [0.15, 0.2) is 12.1 Å². The van der Waals surface area contributed by atoms with Crippen molar-refractivity contribution in [3.8, 4) is 5.75 Å². The zero-order valence-electron chi connectivity index (χ0n) is 10.4. The third-order valence-electron chi connectivity index (χ3n) is 2.81. The van der Waals surface area contributed by atoms with E-state index in [0.717, 1.165) is 12.1 Å². The van der Waals surface area contributed by atoms with E-state index in [4.69, 9.17) is 5.73 Å². The van der Waals surface area contributed by atoms with E-state index in [-0.39, 0.29) is 23.4 Å². The molecule has 0 aromatic carbocycles. The Morgan fingerprint density at radius 2 is 2.24 bits per heavy atom. The first-order valence-corrected chi connectivity index (χ1v) is 5.68. The average molecular weight is 237 g/mol. The van der Waals surface area contributed by atoms with Crippen LogP contribution in [0.3, 0.4) is 0 Å². The lowest BCUT2D eigenvalue weighted by Gasteiger charge is -2.17. The summed E-state index contributed by atoms with van der Waals surface area (Å²) in [6, 6.07) is 2.56. The molecule has 0 saturated heterocycles. The van der Waals surface area contributed by atoms with Gasteiger partial charge in [0.1, 0.15) is 0 Å². The molecule has 94 valence electrons. The van der Waals surface area contributed by atoms with Crippen LogP contribution in [0.5, 0.6) is 5.75 Å². The van der Waals surface area contributed by atoms with Gasteiger partial charge in [0.05, 0.1) is 6.04 Å². The van der Waals surface area contributed by atoms with Crippen LogP contribution in [0.25, 0.3) is 0 Å². The topological polar surface area (TPSA) is 88.2 Å². The number of nitrogens with zero attached hydrogens (tertiary/aromatic N) is 1. The molecule has 0 aliphatic carbocycles. The van der Waals surface area contributed by atoms with E-state index < -0.39 is 6.04 Å². The molecule has 0 fully saturated rings. The number of pyridine rings is 1. The second-order valence-electron chi connectivity index (χ2n) is 4.22. The molecule has 17 heavy (non-hydrogen) atoms. The molecule has 2 atom stereocenters. The molecule has 1 aromatic heterocycles. The van der Waals surface area contributed by atoms with Gasteiger partial charge in [0.15, 0.2) is 11.6 Å². The number of anilines is 1. The summed E-state index contributed by atoms with van der Waals surface area (Å²) in [7, 11) is 0. The molecule has 4 N–H and O–H groups in total. The van der Waals surface area contributed by atoms with Crippen molar-refractivity contribution in [1.29, 1.82) is 0 Å². The van der Waals surface area contributed by atoms with Crippen LogP contribution in [0, 0.1) is 12.8 Å². The van der Waals surface area contributed by atoms with Gasteiger partial charge in [-0.2, -0.15) is 0 Å². The van der Waals surface area contributed by atoms with Crippen LogP contribution < -0.4 is 11.1 Å². The van der Waals surface area contributed by atoms with Gasteiger partial charge in [-0.25, -0.2) is 4.98 Å². The number of carbonyl (C=O) groups excluding carboxylic acids is 1. The Kier molecular flexibility index (Phi) is 4.45. The number of nitrogens with two attached hydrogens (primary N) is 1. The van der Waals surface area contributed by atoms with Crippen LogP contribution in [0.4, 0.5) is 5.82 Å². The molecule has 0 aliphatic heterocycles. The first-order chi connectivity index (χ1) is 7.95. The summed E-state index contributed by atoms with van der Waals surface area (Å²) >= 11 is 0. The maximum atomic E-state index is 11.8. The molecule has 1 aromatic rings. The Morgan fingerprint density at radius 3 is 2.82 bits per heavy atom. The molecule has 1 rings (SSSR count). The number of carbonyl (C=O) groups is 1. The molecule has 0 bridgehead atoms. The molecule has 0 radical (unpaired) electrons. The Hall–Kier alpha value is -1.62. The normalized spacial score (nSPS) is 14.1. The van der Waals surface area contributed by atoms with Crippen molar-refractivity contribution < 1.29 is 9.90 Å². The number of amides is 1. The number of rotatable bonds is 4. The molecule has 5 nitrogen and oxygen atoms in total. The van der Waals surface area contributed by atoms with E-state index in [0.29, 0.717) is 0 Å². The summed E-state index contributed by atoms with van der Waals surface area (Å²) in [5, 5.41) is 12.1. The number of aryl methyl sites for hydroxylation is 1. The number of aromatic hydroxyl groups is 1. The minimum atomic E-state index is -0.596. The molecule has 0 aliphatic rings. The summed E-state index contributed by atoms with van der Waals surface area (Å²) in [5.41, 5.74) is 6.50. The van der Waals surface area contributed by atoms with Gasteiger partial charge in [-0.05, 0) is 25.0 Å². The van der Waals surface area contributed by atoms with Gasteiger partial charge < -0.3 is 16.2 Å². The van der Waals surface area contributed by atoms with Gasteiger partial charge in [0.25, 0.3) is 0 Å². The molecule has 0 spiro atoms. The fourth-order valence-corrected chi connectivity index (χ4v) is 1.35. The summed E-state index contributed by atoms with van der Waals surface area (Å²) in [4.78, 5) is 15.8. The predicted octanol–water partition coefficient (Wildman–Crippen LogP) is 1.41. The molecule has 1 heterocycles. The maximum Gasteiger partial charge on any atom is 0.242 e. The largest absolute Gasteiger partial charge is 0.504 e. The van der Waals surface area contributed by atoms with Crippen molar-refractivity contribution in [3.63, 3.8) is 0 Å². The van der Waals surface area contributed by atoms with Gasteiger partial charge in [-0.1, -0.05) is 20.3 Å². The van der Waals surface area contributed by atoms with Crippen LogP contribution in [0.1, 0.15) is 26.0 Å². The predicted molar refractivity (Wildman–Crippen MR) is 66.7 cm³/mol. The molecule has 1 amide bonds. The zero-order valence-corrected chi connectivity index (χ0v) is 10.4. The smallest absolute Gasteiger partial charge is 0.242 e. The number of hydrogen-bond donors (Lipinski definition) is 3. The van der Waals surface area contributed by atoms with Crippen molar-refractivity contribution in [3.05, 3.63) is 17.8 Å². The minimum absolute atomic E-state index is 0.0553. The number of nitrogens with one attached hydrogen (secondary N) is 1. The third-order valence-corrected chi connectivity index (χ3v) is 2.81. The van der Waals surface area contributed by atoms with Crippen molar-refractivity contribution in [2.24, 2.45) is 11.7 Å². The highest BCUT2D eigenvalue weighted by molar-refractivity contribution is 5.95. The molecule has 5 heteroatoms. The third kappa shape index (κ3) is 3.42. The van der Waals surface area contributed by atoms with Gasteiger partial charge in [0, 0.05) is 5.69 Å². The fraction of sp³-hybridized carbons (Fsp3) is 0.500. The Morgan fingerprint density at radius 1 is 1.59 bits per heavy atom. The van der Waals surface area contributed by atoms with Gasteiger partial charge in [-0.3, -0.25) is 4.79 Å². The van der Waals surface area contributed by atoms with Gasteiger partial charge in [0.2, 0.25) is 5.91 Å². The molecule has 0 saturated carbocycles. The van der Waals surface area contributed by atoms with Crippen molar-refractivity contribution in [2.45, 2.75) is 33.2 Å². The standard InChI is InChI=1S/C12H19N3O2/c1-4-7(2)10(13)12(17)15-11-9(16)6-5-8(3)14-11/h5-7,10,16H,4,13H2,1-3H3,(H,14,15,17)/t7?,10-/m0/s1. The van der Waals surface area contributed by atoms with Gasteiger partial charge >= 0.3 is 0 Å². The van der Waals surface area contributed by atoms with E-state index in [1.807, 2.05) is 13.8 Å². The Labute approximate surface area is 101 Å². The summed E-state index contributed by atoms with van der Waals surface area (Å²) < 4.78 is 0. The average Bonchev–Trinajstić information content (AvgIpc) is 2.31. The lowest BCUT2D eigenvalue weighted by Crippen LogP contribution is -2.40. The Bertz CT molecular complexity index is 407. The zero-order chi connectivity index (χ0) is 13.0. The lowest BCUT2D eigenvalue weighted by atomic mass is 9.99. The second-order valence-corrected chi connectivity index (χ2v) is 4.22. The minimum Gasteiger partial charge on any atom is -0.504 e. The highest BCUT2D eigenvalue weighted by atomic mass is 16.3. The highest BCUT2D eigenvalue weighted by Gasteiger charge is 2.20. The van der Waals surface area contributed by atoms with Crippen molar-refractivity contribution in [2.75, 3.05) is 5.32 Å². The monoisotopic (exact) mass is 237 g/mol. The van der Waals surface area contributed by atoms with Crippen LogP contribution in [0.2, 0.25) is 0 Å². The summed E-state index contributed by atoms with van der Waals surface area (Å²) in [6.07, 6.45) is 0.821. The Balaban J connectivity index is 2.77. The van der Waals surface area contributed by atoms with Crippen LogP contribution in [-0.4, -0.2) is 22.0 Å². The van der Waals surface area contributed by atoms with E-state index in [1.54, 1.807) is 13.0 Å². The van der Waals surface area contributed by atoms with E-state index in [1.165, 1.54) is 6.07 Å².